The molecule has 0 amide bonds. The molecule has 102 valence electrons. The zero-order chi connectivity index (χ0) is 14.0. The van der Waals surface area contributed by atoms with Gasteiger partial charge >= 0.3 is 0 Å². The van der Waals surface area contributed by atoms with Gasteiger partial charge in [-0.05, 0) is 17.7 Å². The van der Waals surface area contributed by atoms with Gasteiger partial charge in [0.2, 0.25) is 0 Å². The van der Waals surface area contributed by atoms with Gasteiger partial charge in [0, 0.05) is 18.6 Å². The number of benzene rings is 2. The molecule has 2 heteroatoms. The largest absolute Gasteiger partial charge is 0.396 e. The van der Waals surface area contributed by atoms with Crippen molar-refractivity contribution in [1.29, 1.82) is 0 Å². The molecule has 2 aromatic rings. The fraction of sp³-hybridized carbons (Fsp3) is 0.222. The first kappa shape index (κ1) is 14.3. The summed E-state index contributed by atoms with van der Waals surface area (Å²) in [4.78, 5) is 0. The van der Waals surface area contributed by atoms with Crippen LogP contribution in [0.4, 0.5) is 0 Å². The Bertz CT molecular complexity index is 552. The van der Waals surface area contributed by atoms with E-state index in [1.165, 1.54) is 0 Å². The Morgan fingerprint density at radius 2 is 1.60 bits per heavy atom. The number of hydrogen-bond donors (Lipinski definition) is 1. The third kappa shape index (κ3) is 4.89. The molecule has 0 spiro atoms. The SMILES string of the molecule is OCCC(C#Cc1ccccc1)OCc1ccccc1. The minimum absolute atomic E-state index is 0.0723. The molecule has 1 N–H and O–H groups in total. The summed E-state index contributed by atoms with van der Waals surface area (Å²) >= 11 is 0. The van der Waals surface area contributed by atoms with Gasteiger partial charge in [-0.15, -0.1) is 0 Å². The van der Waals surface area contributed by atoms with Gasteiger partial charge in [-0.2, -0.15) is 0 Å². The highest BCUT2D eigenvalue weighted by Crippen LogP contribution is 2.06. The number of rotatable bonds is 5. The molecule has 2 aromatic carbocycles. The van der Waals surface area contributed by atoms with Crippen molar-refractivity contribution in [3.63, 3.8) is 0 Å². The lowest BCUT2D eigenvalue weighted by Crippen LogP contribution is -2.12. The summed E-state index contributed by atoms with van der Waals surface area (Å²) in [7, 11) is 0. The molecule has 1 atom stereocenters. The van der Waals surface area contributed by atoms with Crippen molar-refractivity contribution in [2.75, 3.05) is 6.61 Å². The lowest BCUT2D eigenvalue weighted by atomic mass is 10.2. The molecular formula is C18H18O2. The van der Waals surface area contributed by atoms with Crippen LogP contribution in [0.25, 0.3) is 0 Å². The standard InChI is InChI=1S/C18H18O2/c19-14-13-18(12-11-16-7-3-1-4-8-16)20-15-17-9-5-2-6-10-17/h1-10,18-19H,13-15H2. The van der Waals surface area contributed by atoms with E-state index < -0.39 is 0 Å². The zero-order valence-electron chi connectivity index (χ0n) is 11.3. The van der Waals surface area contributed by atoms with E-state index in [9.17, 15) is 0 Å². The van der Waals surface area contributed by atoms with E-state index in [-0.39, 0.29) is 12.7 Å². The normalized spacial score (nSPS) is 11.4. The highest BCUT2D eigenvalue weighted by atomic mass is 16.5. The van der Waals surface area contributed by atoms with Crippen LogP contribution in [0.15, 0.2) is 60.7 Å². The summed E-state index contributed by atoms with van der Waals surface area (Å²) in [5.41, 5.74) is 2.07. The van der Waals surface area contributed by atoms with Crippen molar-refractivity contribution in [2.24, 2.45) is 0 Å². The van der Waals surface area contributed by atoms with Gasteiger partial charge in [-0.1, -0.05) is 60.4 Å². The molecule has 0 fully saturated rings. The Hall–Kier alpha value is -2.08. The van der Waals surface area contributed by atoms with Crippen molar-refractivity contribution in [3.8, 4) is 11.8 Å². The molecule has 0 aliphatic heterocycles. The Kier molecular flexibility index (Phi) is 5.85. The molecule has 2 nitrogen and oxygen atoms in total. The monoisotopic (exact) mass is 266 g/mol. The second kappa shape index (κ2) is 8.16. The summed E-state index contributed by atoms with van der Waals surface area (Å²) < 4.78 is 5.76. The van der Waals surface area contributed by atoms with Crippen LogP contribution < -0.4 is 0 Å². The first-order chi connectivity index (χ1) is 9.88. The molecule has 20 heavy (non-hydrogen) atoms. The molecule has 0 aliphatic rings. The van der Waals surface area contributed by atoms with Crippen LogP contribution in [-0.2, 0) is 11.3 Å². The summed E-state index contributed by atoms with van der Waals surface area (Å²) in [6.45, 7) is 0.581. The minimum Gasteiger partial charge on any atom is -0.396 e. The molecule has 0 saturated heterocycles. The van der Waals surface area contributed by atoms with Crippen molar-refractivity contribution in [1.82, 2.24) is 0 Å². The lowest BCUT2D eigenvalue weighted by molar-refractivity contribution is 0.0603. The van der Waals surface area contributed by atoms with E-state index in [0.29, 0.717) is 13.0 Å². The summed E-state index contributed by atoms with van der Waals surface area (Å²) in [6, 6.07) is 19.8. The van der Waals surface area contributed by atoms with E-state index in [1.54, 1.807) is 0 Å². The van der Waals surface area contributed by atoms with E-state index in [2.05, 4.69) is 11.8 Å². The molecular weight excluding hydrogens is 248 g/mol. The minimum atomic E-state index is -0.250. The Labute approximate surface area is 120 Å². The van der Waals surface area contributed by atoms with Crippen LogP contribution in [0.3, 0.4) is 0 Å². The smallest absolute Gasteiger partial charge is 0.121 e. The molecule has 0 bridgehead atoms. The average molecular weight is 266 g/mol. The predicted octanol–water partition coefficient (Wildman–Crippen LogP) is 3.01. The lowest BCUT2D eigenvalue weighted by Gasteiger charge is -2.10. The van der Waals surface area contributed by atoms with Crippen LogP contribution >= 0.6 is 0 Å². The van der Waals surface area contributed by atoms with Crippen LogP contribution in [-0.4, -0.2) is 17.8 Å². The quantitative estimate of drug-likeness (QED) is 0.843. The third-order valence-electron chi connectivity index (χ3n) is 2.84. The zero-order valence-corrected chi connectivity index (χ0v) is 11.3. The number of aliphatic hydroxyl groups excluding tert-OH is 1. The van der Waals surface area contributed by atoms with Gasteiger partial charge in [0.15, 0.2) is 0 Å². The number of aliphatic hydroxyl groups is 1. The Balaban J connectivity index is 1.95. The molecule has 0 aliphatic carbocycles. The maximum Gasteiger partial charge on any atom is 0.121 e. The first-order valence-corrected chi connectivity index (χ1v) is 6.71. The summed E-state index contributed by atoms with van der Waals surface area (Å²) in [5.74, 6) is 6.15. The van der Waals surface area contributed by atoms with Crippen molar-refractivity contribution < 1.29 is 9.84 Å². The molecule has 2 rings (SSSR count). The first-order valence-electron chi connectivity index (χ1n) is 6.71. The van der Waals surface area contributed by atoms with Crippen molar-refractivity contribution in [3.05, 3.63) is 71.8 Å². The van der Waals surface area contributed by atoms with Gasteiger partial charge in [0.05, 0.1) is 6.61 Å². The fourth-order valence-corrected chi connectivity index (χ4v) is 1.77. The predicted molar refractivity (Wildman–Crippen MR) is 80.0 cm³/mol. The van der Waals surface area contributed by atoms with Gasteiger partial charge in [-0.3, -0.25) is 0 Å². The van der Waals surface area contributed by atoms with E-state index >= 15 is 0 Å². The van der Waals surface area contributed by atoms with Crippen LogP contribution in [0.5, 0.6) is 0 Å². The van der Waals surface area contributed by atoms with E-state index in [1.807, 2.05) is 60.7 Å². The highest BCUT2D eigenvalue weighted by Gasteiger charge is 2.04. The number of ether oxygens (including phenoxy) is 1. The second-order valence-corrected chi connectivity index (χ2v) is 4.43. The third-order valence-corrected chi connectivity index (χ3v) is 2.84. The molecule has 0 radical (unpaired) electrons. The van der Waals surface area contributed by atoms with Crippen molar-refractivity contribution in [2.45, 2.75) is 19.1 Å². The molecule has 0 heterocycles. The van der Waals surface area contributed by atoms with E-state index in [4.69, 9.17) is 9.84 Å². The highest BCUT2D eigenvalue weighted by molar-refractivity contribution is 5.34. The Morgan fingerprint density at radius 3 is 2.25 bits per heavy atom. The van der Waals surface area contributed by atoms with Crippen LogP contribution in [0, 0.1) is 11.8 Å². The maximum absolute atomic E-state index is 9.08. The van der Waals surface area contributed by atoms with E-state index in [0.717, 1.165) is 11.1 Å². The molecule has 1 unspecified atom stereocenters. The maximum atomic E-state index is 9.08. The van der Waals surface area contributed by atoms with Crippen LogP contribution in [0.2, 0.25) is 0 Å². The van der Waals surface area contributed by atoms with Gasteiger partial charge in [0.1, 0.15) is 6.10 Å². The van der Waals surface area contributed by atoms with Crippen LogP contribution in [0.1, 0.15) is 17.5 Å². The Morgan fingerprint density at radius 1 is 0.950 bits per heavy atom. The van der Waals surface area contributed by atoms with Crippen molar-refractivity contribution >= 4 is 0 Å². The second-order valence-electron chi connectivity index (χ2n) is 4.43. The number of hydrogen-bond acceptors (Lipinski definition) is 2. The summed E-state index contributed by atoms with van der Waals surface area (Å²) in [6.07, 6.45) is 0.271. The van der Waals surface area contributed by atoms with Gasteiger partial charge < -0.3 is 9.84 Å². The fourth-order valence-electron chi connectivity index (χ4n) is 1.77. The topological polar surface area (TPSA) is 29.5 Å². The summed E-state index contributed by atoms with van der Waals surface area (Å²) in [5, 5.41) is 9.08. The molecule has 0 aromatic heterocycles. The molecule has 0 saturated carbocycles. The van der Waals surface area contributed by atoms with Gasteiger partial charge in [-0.25, -0.2) is 0 Å². The average Bonchev–Trinajstić information content (AvgIpc) is 2.52. The van der Waals surface area contributed by atoms with Gasteiger partial charge in [0.25, 0.3) is 0 Å².